The lowest BCUT2D eigenvalue weighted by Gasteiger charge is -2.18. The summed E-state index contributed by atoms with van der Waals surface area (Å²) in [4.78, 5) is 12.4. The van der Waals surface area contributed by atoms with Crippen molar-refractivity contribution in [2.24, 2.45) is 0 Å². The van der Waals surface area contributed by atoms with E-state index in [2.05, 4.69) is 32.6 Å². The quantitative estimate of drug-likeness (QED) is 0.891. The highest BCUT2D eigenvalue weighted by atomic mass is 79.9. The number of fused-ring (bicyclic) bond motifs is 1. The van der Waals surface area contributed by atoms with E-state index in [1.807, 2.05) is 49.4 Å². The van der Waals surface area contributed by atoms with Gasteiger partial charge in [0.05, 0.1) is 6.04 Å². The summed E-state index contributed by atoms with van der Waals surface area (Å²) in [6.45, 7) is 2.00. The summed E-state index contributed by atoms with van der Waals surface area (Å²) >= 11 is 3.42. The molecule has 1 amide bonds. The maximum atomic E-state index is 12.4. The Bertz CT molecular complexity index is 629. The Morgan fingerprint density at radius 2 is 1.95 bits per heavy atom. The second kappa shape index (κ2) is 5.90. The Morgan fingerprint density at radius 3 is 2.67 bits per heavy atom. The van der Waals surface area contributed by atoms with Crippen LogP contribution in [0.1, 0.15) is 24.1 Å². The molecule has 2 N–H and O–H groups in total. The molecule has 2 aromatic rings. The fourth-order valence-corrected chi connectivity index (χ4v) is 2.87. The number of para-hydroxylation sites is 1. The van der Waals surface area contributed by atoms with Crippen molar-refractivity contribution in [2.75, 3.05) is 5.32 Å². The predicted molar refractivity (Wildman–Crippen MR) is 88.3 cm³/mol. The zero-order chi connectivity index (χ0) is 14.8. The summed E-state index contributed by atoms with van der Waals surface area (Å²) in [7, 11) is 0. The maximum absolute atomic E-state index is 12.4. The van der Waals surface area contributed by atoms with Crippen LogP contribution in [-0.2, 0) is 11.2 Å². The molecule has 3 nitrogen and oxygen atoms in total. The number of halogens is 1. The molecule has 1 aliphatic heterocycles. The summed E-state index contributed by atoms with van der Waals surface area (Å²) in [6, 6.07) is 15.9. The van der Waals surface area contributed by atoms with Crippen LogP contribution >= 0.6 is 15.9 Å². The van der Waals surface area contributed by atoms with Crippen molar-refractivity contribution < 1.29 is 4.79 Å². The molecule has 2 aromatic carbocycles. The highest BCUT2D eigenvalue weighted by Gasteiger charge is 2.27. The zero-order valence-corrected chi connectivity index (χ0v) is 13.4. The van der Waals surface area contributed by atoms with Gasteiger partial charge in [0.2, 0.25) is 5.91 Å². The minimum absolute atomic E-state index is 0.00360. The smallest absolute Gasteiger partial charge is 0.243 e. The highest BCUT2D eigenvalue weighted by Crippen LogP contribution is 2.25. The standard InChI is InChI=1S/C17H17BrN2O/c1-11(12-6-8-14(18)9-7-12)19-17(21)16-10-13-4-2-3-5-15(13)20-16/h2-9,11,16,20H,10H2,1H3,(H,19,21)/t11-,16-/m0/s1. The van der Waals surface area contributed by atoms with Gasteiger partial charge in [-0.05, 0) is 36.2 Å². The number of amides is 1. The molecule has 0 saturated carbocycles. The summed E-state index contributed by atoms with van der Waals surface area (Å²) in [5.41, 5.74) is 3.37. The molecule has 0 fully saturated rings. The fraction of sp³-hybridized carbons (Fsp3) is 0.235. The molecule has 0 unspecified atom stereocenters. The summed E-state index contributed by atoms with van der Waals surface area (Å²) < 4.78 is 1.04. The number of rotatable bonds is 3. The van der Waals surface area contributed by atoms with Crippen LogP contribution in [0.3, 0.4) is 0 Å². The highest BCUT2D eigenvalue weighted by molar-refractivity contribution is 9.10. The topological polar surface area (TPSA) is 41.1 Å². The van der Waals surface area contributed by atoms with Crippen LogP contribution in [0.4, 0.5) is 5.69 Å². The van der Waals surface area contributed by atoms with Gasteiger partial charge in [0, 0.05) is 16.6 Å². The van der Waals surface area contributed by atoms with Gasteiger partial charge >= 0.3 is 0 Å². The lowest BCUT2D eigenvalue weighted by atomic mass is 10.1. The predicted octanol–water partition coefficient (Wildman–Crippen LogP) is 3.66. The Hall–Kier alpha value is -1.81. The minimum atomic E-state index is -0.180. The van der Waals surface area contributed by atoms with Gasteiger partial charge in [0.1, 0.15) is 6.04 Å². The third-order valence-electron chi connectivity index (χ3n) is 3.82. The first-order valence-electron chi connectivity index (χ1n) is 7.04. The molecule has 4 heteroatoms. The van der Waals surface area contributed by atoms with Crippen molar-refractivity contribution in [3.63, 3.8) is 0 Å². The second-order valence-corrected chi connectivity index (χ2v) is 6.26. The SMILES string of the molecule is C[C@H](NC(=O)[C@@H]1Cc2ccccc2N1)c1ccc(Br)cc1. The van der Waals surface area contributed by atoms with Crippen LogP contribution in [-0.4, -0.2) is 11.9 Å². The third-order valence-corrected chi connectivity index (χ3v) is 4.35. The number of carbonyl (C=O) groups is 1. The Morgan fingerprint density at radius 1 is 1.24 bits per heavy atom. The van der Waals surface area contributed by atoms with E-state index < -0.39 is 0 Å². The van der Waals surface area contributed by atoms with E-state index in [0.717, 1.165) is 22.1 Å². The average molecular weight is 345 g/mol. The van der Waals surface area contributed by atoms with Crippen LogP contribution in [0.2, 0.25) is 0 Å². The zero-order valence-electron chi connectivity index (χ0n) is 11.8. The molecule has 21 heavy (non-hydrogen) atoms. The lowest BCUT2D eigenvalue weighted by molar-refractivity contribution is -0.122. The van der Waals surface area contributed by atoms with Gasteiger partial charge in [0.25, 0.3) is 0 Å². The van der Waals surface area contributed by atoms with Crippen LogP contribution in [0.25, 0.3) is 0 Å². The largest absolute Gasteiger partial charge is 0.373 e. The number of hydrogen-bond acceptors (Lipinski definition) is 2. The Balaban J connectivity index is 1.64. The van der Waals surface area contributed by atoms with Crippen molar-refractivity contribution in [1.29, 1.82) is 0 Å². The number of benzene rings is 2. The van der Waals surface area contributed by atoms with Gasteiger partial charge in [-0.1, -0.05) is 46.3 Å². The van der Waals surface area contributed by atoms with Crippen LogP contribution in [0.15, 0.2) is 53.0 Å². The maximum Gasteiger partial charge on any atom is 0.243 e. The summed E-state index contributed by atoms with van der Waals surface area (Å²) in [5.74, 6) is 0.0432. The van der Waals surface area contributed by atoms with E-state index in [1.165, 1.54) is 5.56 Å². The first kappa shape index (κ1) is 14.1. The van der Waals surface area contributed by atoms with Gasteiger partial charge in [-0.25, -0.2) is 0 Å². The first-order valence-corrected chi connectivity index (χ1v) is 7.83. The van der Waals surface area contributed by atoms with Crippen LogP contribution in [0, 0.1) is 0 Å². The minimum Gasteiger partial charge on any atom is -0.373 e. The number of nitrogens with one attached hydrogen (secondary N) is 2. The molecule has 3 rings (SSSR count). The van der Waals surface area contributed by atoms with Crippen molar-refractivity contribution in [3.05, 3.63) is 64.1 Å². The van der Waals surface area contributed by atoms with Crippen molar-refractivity contribution in [1.82, 2.24) is 5.32 Å². The van der Waals surface area contributed by atoms with Crippen LogP contribution < -0.4 is 10.6 Å². The van der Waals surface area contributed by atoms with Crippen molar-refractivity contribution in [2.45, 2.75) is 25.4 Å². The lowest BCUT2D eigenvalue weighted by Crippen LogP contribution is -2.39. The van der Waals surface area contributed by atoms with Crippen molar-refractivity contribution in [3.8, 4) is 0 Å². The molecule has 1 aliphatic rings. The average Bonchev–Trinajstić information content (AvgIpc) is 2.92. The van der Waals surface area contributed by atoms with E-state index in [-0.39, 0.29) is 18.0 Å². The molecule has 1 heterocycles. The normalized spacial score (nSPS) is 17.7. The molecule has 0 spiro atoms. The molecule has 0 radical (unpaired) electrons. The third kappa shape index (κ3) is 3.10. The monoisotopic (exact) mass is 344 g/mol. The second-order valence-electron chi connectivity index (χ2n) is 5.34. The van der Waals surface area contributed by atoms with Gasteiger partial charge in [-0.2, -0.15) is 0 Å². The van der Waals surface area contributed by atoms with E-state index in [1.54, 1.807) is 0 Å². The number of hydrogen-bond donors (Lipinski definition) is 2. The summed E-state index contributed by atoms with van der Waals surface area (Å²) in [5, 5.41) is 6.36. The van der Waals surface area contributed by atoms with Gasteiger partial charge in [-0.3, -0.25) is 4.79 Å². The molecule has 108 valence electrons. The molecule has 0 aromatic heterocycles. The van der Waals surface area contributed by atoms with E-state index in [0.29, 0.717) is 0 Å². The number of anilines is 1. The van der Waals surface area contributed by atoms with Gasteiger partial charge in [-0.15, -0.1) is 0 Å². The molecule has 0 aliphatic carbocycles. The molecular formula is C17H17BrN2O. The molecule has 0 bridgehead atoms. The molecular weight excluding hydrogens is 328 g/mol. The molecule has 2 atom stereocenters. The van der Waals surface area contributed by atoms with E-state index >= 15 is 0 Å². The molecule has 0 saturated heterocycles. The van der Waals surface area contributed by atoms with Gasteiger partial charge < -0.3 is 10.6 Å². The van der Waals surface area contributed by atoms with Crippen molar-refractivity contribution >= 4 is 27.5 Å². The Labute approximate surface area is 132 Å². The van der Waals surface area contributed by atoms with Crippen LogP contribution in [0.5, 0.6) is 0 Å². The van der Waals surface area contributed by atoms with Gasteiger partial charge in [0.15, 0.2) is 0 Å². The fourth-order valence-electron chi connectivity index (χ4n) is 2.60. The Kier molecular flexibility index (Phi) is 3.97. The number of carbonyl (C=O) groups excluding carboxylic acids is 1. The van der Waals surface area contributed by atoms with E-state index in [9.17, 15) is 4.79 Å². The van der Waals surface area contributed by atoms with E-state index in [4.69, 9.17) is 0 Å². The first-order chi connectivity index (χ1) is 10.1. The summed E-state index contributed by atoms with van der Waals surface area (Å²) in [6.07, 6.45) is 0.745.